The maximum absolute atomic E-state index is 8.37. The van der Waals surface area contributed by atoms with Crippen LogP contribution < -0.4 is 10.5 Å². The Morgan fingerprint density at radius 3 is 2.62 bits per heavy atom. The van der Waals surface area contributed by atoms with Crippen LogP contribution in [0.1, 0.15) is 37.8 Å². The Morgan fingerprint density at radius 1 is 1.38 bits per heavy atom. The largest absolute Gasteiger partial charge is 0.494 e. The molecule has 0 bridgehead atoms. The van der Waals surface area contributed by atoms with Gasteiger partial charge in [-0.3, -0.25) is 0 Å². The maximum Gasteiger partial charge on any atom is 0.119 e. The van der Waals surface area contributed by atoms with Crippen molar-refractivity contribution in [1.29, 1.82) is 5.26 Å². The number of nitrogens with zero attached hydrogens (tertiary/aromatic N) is 1. The van der Waals surface area contributed by atoms with Crippen LogP contribution in [0, 0.1) is 11.3 Å². The number of ether oxygens (including phenoxy) is 1. The molecule has 0 fully saturated rings. The average molecular weight is 218 g/mol. The van der Waals surface area contributed by atoms with Crippen LogP contribution in [0.4, 0.5) is 0 Å². The van der Waals surface area contributed by atoms with Gasteiger partial charge in [-0.1, -0.05) is 19.1 Å². The van der Waals surface area contributed by atoms with Crippen molar-refractivity contribution in [3.05, 3.63) is 29.8 Å². The Morgan fingerprint density at radius 2 is 2.06 bits per heavy atom. The highest BCUT2D eigenvalue weighted by Gasteiger charge is 2.02. The summed E-state index contributed by atoms with van der Waals surface area (Å²) < 4.78 is 5.48. The number of benzene rings is 1. The Bertz CT molecular complexity index is 340. The van der Waals surface area contributed by atoms with E-state index in [9.17, 15) is 0 Å². The van der Waals surface area contributed by atoms with E-state index >= 15 is 0 Å². The molecule has 1 atom stereocenters. The second-order valence-corrected chi connectivity index (χ2v) is 3.69. The third-order valence-electron chi connectivity index (χ3n) is 2.45. The fraction of sp³-hybridized carbons (Fsp3) is 0.462. The molecule has 0 aliphatic rings. The van der Waals surface area contributed by atoms with Gasteiger partial charge in [0.25, 0.3) is 0 Å². The molecule has 3 heteroatoms. The number of hydrogen-bond donors (Lipinski definition) is 1. The van der Waals surface area contributed by atoms with Crippen molar-refractivity contribution in [3.63, 3.8) is 0 Å². The summed E-state index contributed by atoms with van der Waals surface area (Å²) in [6, 6.07) is 10.0. The minimum absolute atomic E-state index is 0.104. The molecular weight excluding hydrogens is 200 g/mol. The van der Waals surface area contributed by atoms with Crippen LogP contribution in [0.2, 0.25) is 0 Å². The number of rotatable bonds is 6. The zero-order chi connectivity index (χ0) is 11.8. The molecule has 1 aromatic rings. The third kappa shape index (κ3) is 3.92. The number of nitrogens with two attached hydrogens (primary N) is 1. The smallest absolute Gasteiger partial charge is 0.119 e. The van der Waals surface area contributed by atoms with Crippen molar-refractivity contribution in [2.75, 3.05) is 6.61 Å². The molecule has 0 aromatic heterocycles. The van der Waals surface area contributed by atoms with Gasteiger partial charge in [0.2, 0.25) is 0 Å². The van der Waals surface area contributed by atoms with E-state index < -0.39 is 0 Å². The minimum Gasteiger partial charge on any atom is -0.494 e. The highest BCUT2D eigenvalue weighted by molar-refractivity contribution is 5.28. The van der Waals surface area contributed by atoms with Crippen molar-refractivity contribution in [1.82, 2.24) is 0 Å². The van der Waals surface area contributed by atoms with E-state index in [1.165, 1.54) is 0 Å². The molecule has 0 heterocycles. The predicted molar refractivity (Wildman–Crippen MR) is 64.0 cm³/mol. The van der Waals surface area contributed by atoms with Gasteiger partial charge in [-0.15, -0.1) is 0 Å². The molecule has 0 unspecified atom stereocenters. The first-order chi connectivity index (χ1) is 7.77. The fourth-order valence-electron chi connectivity index (χ4n) is 1.39. The minimum atomic E-state index is 0.104. The van der Waals surface area contributed by atoms with Gasteiger partial charge in [0.1, 0.15) is 5.75 Å². The molecule has 0 aliphatic carbocycles. The van der Waals surface area contributed by atoms with Crippen molar-refractivity contribution in [2.45, 2.75) is 32.2 Å². The highest BCUT2D eigenvalue weighted by Crippen LogP contribution is 2.18. The van der Waals surface area contributed by atoms with E-state index in [1.54, 1.807) is 0 Å². The molecule has 0 amide bonds. The van der Waals surface area contributed by atoms with E-state index in [1.807, 2.05) is 24.3 Å². The van der Waals surface area contributed by atoms with Gasteiger partial charge in [-0.2, -0.15) is 5.26 Å². The van der Waals surface area contributed by atoms with Crippen LogP contribution in [-0.2, 0) is 0 Å². The first-order valence-electron chi connectivity index (χ1n) is 5.63. The Hall–Kier alpha value is -1.53. The lowest BCUT2D eigenvalue weighted by Crippen LogP contribution is -2.08. The van der Waals surface area contributed by atoms with Crippen molar-refractivity contribution in [3.8, 4) is 11.8 Å². The monoisotopic (exact) mass is 218 g/mol. The molecule has 0 spiro atoms. The fourth-order valence-corrected chi connectivity index (χ4v) is 1.39. The van der Waals surface area contributed by atoms with Gasteiger partial charge >= 0.3 is 0 Å². The predicted octanol–water partition coefficient (Wildman–Crippen LogP) is 2.78. The summed E-state index contributed by atoms with van der Waals surface area (Å²) in [4.78, 5) is 0. The molecule has 16 heavy (non-hydrogen) atoms. The van der Waals surface area contributed by atoms with Gasteiger partial charge in [0, 0.05) is 12.5 Å². The Kier molecular flexibility index (Phi) is 5.38. The van der Waals surface area contributed by atoms with Crippen LogP contribution in [0.15, 0.2) is 24.3 Å². The first-order valence-corrected chi connectivity index (χ1v) is 5.63. The molecule has 0 saturated carbocycles. The highest BCUT2D eigenvalue weighted by atomic mass is 16.5. The molecule has 0 saturated heterocycles. The van der Waals surface area contributed by atoms with Crippen molar-refractivity contribution >= 4 is 0 Å². The van der Waals surface area contributed by atoms with E-state index in [0.29, 0.717) is 13.0 Å². The molecule has 3 nitrogen and oxygen atoms in total. The summed E-state index contributed by atoms with van der Waals surface area (Å²) in [7, 11) is 0. The maximum atomic E-state index is 8.37. The molecular formula is C13H18N2O. The summed E-state index contributed by atoms with van der Waals surface area (Å²) in [6.45, 7) is 2.66. The van der Waals surface area contributed by atoms with Gasteiger partial charge < -0.3 is 10.5 Å². The number of hydrogen-bond acceptors (Lipinski definition) is 3. The van der Waals surface area contributed by atoms with E-state index in [4.69, 9.17) is 15.7 Å². The van der Waals surface area contributed by atoms with Gasteiger partial charge in [-0.05, 0) is 30.5 Å². The molecule has 0 radical (unpaired) electrons. The second-order valence-electron chi connectivity index (χ2n) is 3.69. The molecule has 86 valence electrons. The van der Waals surface area contributed by atoms with Crippen LogP contribution in [0.3, 0.4) is 0 Å². The van der Waals surface area contributed by atoms with Crippen LogP contribution in [0.5, 0.6) is 5.75 Å². The third-order valence-corrected chi connectivity index (χ3v) is 2.45. The van der Waals surface area contributed by atoms with E-state index in [0.717, 1.165) is 24.2 Å². The lowest BCUT2D eigenvalue weighted by molar-refractivity contribution is 0.312. The van der Waals surface area contributed by atoms with Crippen molar-refractivity contribution in [2.24, 2.45) is 5.73 Å². The normalized spacial score (nSPS) is 11.8. The lowest BCUT2D eigenvalue weighted by atomic mass is 10.1. The Labute approximate surface area is 96.8 Å². The van der Waals surface area contributed by atoms with E-state index in [-0.39, 0.29) is 6.04 Å². The molecule has 1 aromatic carbocycles. The molecule has 2 N–H and O–H groups in total. The molecule has 1 rings (SSSR count). The summed E-state index contributed by atoms with van der Waals surface area (Å²) >= 11 is 0. The first kappa shape index (κ1) is 12.5. The lowest BCUT2D eigenvalue weighted by Gasteiger charge is -2.10. The SMILES string of the molecule is CC[C@H](N)c1ccc(OCCCC#N)cc1. The summed E-state index contributed by atoms with van der Waals surface area (Å²) in [5.74, 6) is 0.838. The Balaban J connectivity index is 2.43. The van der Waals surface area contributed by atoms with Gasteiger partial charge in [0.15, 0.2) is 0 Å². The zero-order valence-corrected chi connectivity index (χ0v) is 9.65. The number of unbranched alkanes of at least 4 members (excludes halogenated alkanes) is 1. The standard InChI is InChI=1S/C13H18N2O/c1-2-13(15)11-5-7-12(8-6-11)16-10-4-3-9-14/h5-8,13H,2-4,10,15H2,1H3/t13-/m0/s1. The second kappa shape index (κ2) is 6.86. The topological polar surface area (TPSA) is 59.0 Å². The number of nitriles is 1. The van der Waals surface area contributed by atoms with E-state index in [2.05, 4.69) is 13.0 Å². The zero-order valence-electron chi connectivity index (χ0n) is 9.65. The van der Waals surface area contributed by atoms with Crippen LogP contribution in [0.25, 0.3) is 0 Å². The van der Waals surface area contributed by atoms with Gasteiger partial charge in [-0.25, -0.2) is 0 Å². The summed E-state index contributed by atoms with van der Waals surface area (Å²) in [6.07, 6.45) is 2.24. The van der Waals surface area contributed by atoms with Gasteiger partial charge in [0.05, 0.1) is 12.7 Å². The quantitative estimate of drug-likeness (QED) is 0.747. The average Bonchev–Trinajstić information content (AvgIpc) is 2.34. The van der Waals surface area contributed by atoms with Crippen LogP contribution >= 0.6 is 0 Å². The van der Waals surface area contributed by atoms with Crippen molar-refractivity contribution < 1.29 is 4.74 Å². The molecule has 0 aliphatic heterocycles. The summed E-state index contributed by atoms with van der Waals surface area (Å²) in [5.41, 5.74) is 7.04. The van der Waals surface area contributed by atoms with Crippen LogP contribution in [-0.4, -0.2) is 6.61 Å². The summed E-state index contributed by atoms with van der Waals surface area (Å²) in [5, 5.41) is 8.37.